The highest BCUT2D eigenvalue weighted by atomic mass is 16.1. The van der Waals surface area contributed by atoms with Crippen molar-refractivity contribution >= 4 is 5.78 Å². The average molecular weight is 213 g/mol. The van der Waals surface area contributed by atoms with Gasteiger partial charge in [0.2, 0.25) is 0 Å². The lowest BCUT2D eigenvalue weighted by Gasteiger charge is -2.33. The van der Waals surface area contributed by atoms with Gasteiger partial charge >= 0.3 is 0 Å². The summed E-state index contributed by atoms with van der Waals surface area (Å²) in [4.78, 5) is 14.5. The number of hydrogen-bond acceptors (Lipinski definition) is 2. The molecule has 0 aliphatic rings. The first kappa shape index (κ1) is 14.6. The summed E-state index contributed by atoms with van der Waals surface area (Å²) in [6.07, 6.45) is 0.948. The molecular weight excluding hydrogens is 186 g/mol. The van der Waals surface area contributed by atoms with E-state index in [9.17, 15) is 4.79 Å². The molecule has 0 saturated carbocycles. The van der Waals surface area contributed by atoms with E-state index in [0.717, 1.165) is 19.5 Å². The van der Waals surface area contributed by atoms with E-state index in [1.165, 1.54) is 0 Å². The Morgan fingerprint density at radius 1 is 1.07 bits per heavy atom. The van der Waals surface area contributed by atoms with Crippen molar-refractivity contribution in [3.8, 4) is 0 Å². The zero-order valence-corrected chi connectivity index (χ0v) is 11.2. The SMILES string of the molecule is CCC(C)C(=O)[C@@H](C(C)C)N(CC)CC. The van der Waals surface area contributed by atoms with E-state index in [1.807, 2.05) is 6.92 Å². The molecule has 90 valence electrons. The lowest BCUT2D eigenvalue weighted by Crippen LogP contribution is -2.46. The molecule has 0 aromatic rings. The molecule has 1 unspecified atom stereocenters. The van der Waals surface area contributed by atoms with Gasteiger partial charge in [0.1, 0.15) is 0 Å². The predicted octanol–water partition coefficient (Wildman–Crippen LogP) is 2.97. The number of likely N-dealkylation sites (N-methyl/N-ethyl adjacent to an activating group) is 1. The van der Waals surface area contributed by atoms with Gasteiger partial charge in [-0.3, -0.25) is 9.69 Å². The summed E-state index contributed by atoms with van der Waals surface area (Å²) in [5, 5.41) is 0. The van der Waals surface area contributed by atoms with Gasteiger partial charge in [-0.15, -0.1) is 0 Å². The highest BCUT2D eigenvalue weighted by molar-refractivity contribution is 5.86. The molecule has 0 saturated heterocycles. The van der Waals surface area contributed by atoms with Gasteiger partial charge in [0.05, 0.1) is 6.04 Å². The van der Waals surface area contributed by atoms with E-state index in [2.05, 4.69) is 39.5 Å². The van der Waals surface area contributed by atoms with Crippen LogP contribution in [-0.4, -0.2) is 29.8 Å². The van der Waals surface area contributed by atoms with Gasteiger partial charge in [-0.25, -0.2) is 0 Å². The van der Waals surface area contributed by atoms with Crippen LogP contribution >= 0.6 is 0 Å². The third kappa shape index (κ3) is 3.94. The Balaban J connectivity index is 4.72. The second kappa shape index (κ2) is 7.00. The molecule has 0 fully saturated rings. The van der Waals surface area contributed by atoms with Crippen LogP contribution in [0.3, 0.4) is 0 Å². The lowest BCUT2D eigenvalue weighted by molar-refractivity contribution is -0.129. The minimum Gasteiger partial charge on any atom is -0.298 e. The molecule has 0 aromatic carbocycles. The highest BCUT2D eigenvalue weighted by Gasteiger charge is 2.29. The summed E-state index contributed by atoms with van der Waals surface area (Å²) in [6, 6.07) is 0.106. The number of carbonyl (C=O) groups excluding carboxylic acids is 1. The molecule has 0 spiro atoms. The Hall–Kier alpha value is -0.370. The maximum Gasteiger partial charge on any atom is 0.152 e. The van der Waals surface area contributed by atoms with E-state index < -0.39 is 0 Å². The molecule has 0 radical (unpaired) electrons. The monoisotopic (exact) mass is 213 g/mol. The molecule has 0 bridgehead atoms. The van der Waals surface area contributed by atoms with Crippen LogP contribution in [0, 0.1) is 11.8 Å². The second-order valence-electron chi connectivity index (χ2n) is 4.62. The Labute approximate surface area is 95.0 Å². The zero-order chi connectivity index (χ0) is 12.0. The van der Waals surface area contributed by atoms with Crippen molar-refractivity contribution in [2.24, 2.45) is 11.8 Å². The van der Waals surface area contributed by atoms with Crippen molar-refractivity contribution in [1.29, 1.82) is 0 Å². The summed E-state index contributed by atoms with van der Waals surface area (Å²) in [5.41, 5.74) is 0. The molecule has 2 atom stereocenters. The number of hydrogen-bond donors (Lipinski definition) is 0. The third-order valence-electron chi connectivity index (χ3n) is 3.23. The number of rotatable bonds is 7. The largest absolute Gasteiger partial charge is 0.298 e. The first-order valence-electron chi connectivity index (χ1n) is 6.27. The van der Waals surface area contributed by atoms with Crippen LogP contribution in [0.15, 0.2) is 0 Å². The van der Waals surface area contributed by atoms with E-state index in [-0.39, 0.29) is 12.0 Å². The smallest absolute Gasteiger partial charge is 0.152 e. The topological polar surface area (TPSA) is 20.3 Å². The van der Waals surface area contributed by atoms with Crippen LogP contribution in [0.5, 0.6) is 0 Å². The van der Waals surface area contributed by atoms with Gasteiger partial charge in [0, 0.05) is 5.92 Å². The van der Waals surface area contributed by atoms with Crippen LogP contribution < -0.4 is 0 Å². The Bertz CT molecular complexity index is 185. The van der Waals surface area contributed by atoms with Gasteiger partial charge in [-0.1, -0.05) is 41.5 Å². The van der Waals surface area contributed by atoms with Crippen molar-refractivity contribution < 1.29 is 4.79 Å². The maximum atomic E-state index is 12.2. The number of ketones is 1. The van der Waals surface area contributed by atoms with E-state index in [0.29, 0.717) is 11.7 Å². The van der Waals surface area contributed by atoms with E-state index in [4.69, 9.17) is 0 Å². The van der Waals surface area contributed by atoms with Gasteiger partial charge in [-0.05, 0) is 25.4 Å². The summed E-state index contributed by atoms with van der Waals surface area (Å²) < 4.78 is 0. The predicted molar refractivity (Wildman–Crippen MR) is 66.0 cm³/mol. The molecule has 2 nitrogen and oxygen atoms in total. The fourth-order valence-corrected chi connectivity index (χ4v) is 2.04. The molecule has 2 heteroatoms. The van der Waals surface area contributed by atoms with Gasteiger partial charge in [-0.2, -0.15) is 0 Å². The third-order valence-corrected chi connectivity index (χ3v) is 3.23. The fourth-order valence-electron chi connectivity index (χ4n) is 2.04. The van der Waals surface area contributed by atoms with Crippen LogP contribution in [0.1, 0.15) is 48.0 Å². The fraction of sp³-hybridized carbons (Fsp3) is 0.923. The molecule has 0 aliphatic heterocycles. The summed E-state index contributed by atoms with van der Waals surface area (Å²) in [6.45, 7) is 14.6. The number of Topliss-reactive ketones (excluding diaryl/α,β-unsaturated/α-hetero) is 1. The van der Waals surface area contributed by atoms with Crippen LogP contribution in [0.25, 0.3) is 0 Å². The Morgan fingerprint density at radius 2 is 1.53 bits per heavy atom. The Morgan fingerprint density at radius 3 is 1.80 bits per heavy atom. The number of nitrogens with zero attached hydrogens (tertiary/aromatic N) is 1. The average Bonchev–Trinajstić information content (AvgIpc) is 2.22. The molecule has 0 aromatic heterocycles. The summed E-state index contributed by atoms with van der Waals surface area (Å²) in [5.74, 6) is 1.01. The molecule has 0 N–H and O–H groups in total. The quantitative estimate of drug-likeness (QED) is 0.648. The van der Waals surface area contributed by atoms with Crippen LogP contribution in [0.4, 0.5) is 0 Å². The molecule has 0 amide bonds. The molecule has 0 heterocycles. The van der Waals surface area contributed by atoms with Crippen molar-refractivity contribution in [2.45, 2.75) is 54.0 Å². The van der Waals surface area contributed by atoms with Crippen molar-refractivity contribution in [2.75, 3.05) is 13.1 Å². The minimum absolute atomic E-state index is 0.106. The molecule has 15 heavy (non-hydrogen) atoms. The normalized spacial score (nSPS) is 15.7. The summed E-state index contributed by atoms with van der Waals surface area (Å²) in [7, 11) is 0. The number of carbonyl (C=O) groups is 1. The van der Waals surface area contributed by atoms with Crippen molar-refractivity contribution in [3.05, 3.63) is 0 Å². The Kier molecular flexibility index (Phi) is 6.82. The standard InChI is InChI=1S/C13H27NO/c1-7-11(6)13(15)12(10(4)5)14(8-2)9-3/h10-12H,7-9H2,1-6H3/t11?,12-/m1/s1. The van der Waals surface area contributed by atoms with E-state index >= 15 is 0 Å². The second-order valence-corrected chi connectivity index (χ2v) is 4.62. The lowest BCUT2D eigenvalue weighted by atomic mass is 9.89. The first-order chi connectivity index (χ1) is 6.99. The molecule has 0 rings (SSSR count). The first-order valence-corrected chi connectivity index (χ1v) is 6.27. The zero-order valence-electron chi connectivity index (χ0n) is 11.2. The van der Waals surface area contributed by atoms with Crippen LogP contribution in [-0.2, 0) is 4.79 Å². The van der Waals surface area contributed by atoms with Gasteiger partial charge in [0.15, 0.2) is 5.78 Å². The minimum atomic E-state index is 0.106. The van der Waals surface area contributed by atoms with Crippen molar-refractivity contribution in [3.63, 3.8) is 0 Å². The van der Waals surface area contributed by atoms with E-state index in [1.54, 1.807) is 0 Å². The van der Waals surface area contributed by atoms with Gasteiger partial charge in [0.25, 0.3) is 0 Å². The molecular formula is C13H27NO. The van der Waals surface area contributed by atoms with Gasteiger partial charge < -0.3 is 0 Å². The maximum absolute atomic E-state index is 12.2. The summed E-state index contributed by atoms with van der Waals surface area (Å²) >= 11 is 0. The van der Waals surface area contributed by atoms with Crippen molar-refractivity contribution in [1.82, 2.24) is 4.90 Å². The van der Waals surface area contributed by atoms with Crippen LogP contribution in [0.2, 0.25) is 0 Å². The molecule has 0 aliphatic carbocycles. The highest BCUT2D eigenvalue weighted by Crippen LogP contribution is 2.17.